The summed E-state index contributed by atoms with van der Waals surface area (Å²) < 4.78 is 0. The zero-order valence-corrected chi connectivity index (χ0v) is 15.5. The summed E-state index contributed by atoms with van der Waals surface area (Å²) in [7, 11) is 0. The minimum atomic E-state index is -0.0472. The summed E-state index contributed by atoms with van der Waals surface area (Å²) in [5, 5.41) is 4.26. The Bertz CT molecular complexity index is 941. The van der Waals surface area contributed by atoms with Crippen LogP contribution < -0.4 is 10.9 Å². The van der Waals surface area contributed by atoms with Gasteiger partial charge in [-0.05, 0) is 51.3 Å². The molecule has 0 aliphatic carbocycles. The average Bonchev–Trinajstić information content (AvgIpc) is 2.82. The van der Waals surface area contributed by atoms with Gasteiger partial charge in [0, 0.05) is 10.9 Å². The molecule has 126 valence electrons. The smallest absolute Gasteiger partial charge is 0.259 e. The summed E-state index contributed by atoms with van der Waals surface area (Å²) >= 11 is 1.58. The van der Waals surface area contributed by atoms with Crippen molar-refractivity contribution in [2.75, 3.05) is 0 Å². The van der Waals surface area contributed by atoms with E-state index in [9.17, 15) is 4.79 Å². The van der Waals surface area contributed by atoms with Crippen LogP contribution in [-0.4, -0.2) is 9.97 Å². The normalized spacial score (nSPS) is 14.0. The molecule has 0 aliphatic heterocycles. The van der Waals surface area contributed by atoms with Crippen molar-refractivity contribution in [3.63, 3.8) is 0 Å². The molecule has 2 atom stereocenters. The fraction of sp³-hybridized carbons (Fsp3) is 0.368. The maximum atomic E-state index is 12.4. The minimum absolute atomic E-state index is 0.0422. The first-order valence-corrected chi connectivity index (χ1v) is 9.01. The lowest BCUT2D eigenvalue weighted by Gasteiger charge is -2.21. The lowest BCUT2D eigenvalue weighted by Crippen LogP contribution is -2.26. The molecule has 0 saturated heterocycles. The van der Waals surface area contributed by atoms with E-state index in [1.54, 1.807) is 11.3 Å². The van der Waals surface area contributed by atoms with Crippen molar-refractivity contribution in [2.45, 2.75) is 46.7 Å². The van der Waals surface area contributed by atoms with Gasteiger partial charge in [0.15, 0.2) is 0 Å². The Morgan fingerprint density at radius 1 is 1.12 bits per heavy atom. The number of thiophene rings is 1. The monoisotopic (exact) mass is 341 g/mol. The molecular formula is C19H23N3OS. The standard InChI is InChI=1S/C19H23N3OS/c1-10-8-6-7-9-15(10)12(3)20-13(4)17-21-18(23)16-11(2)14(5)24-19(16)22-17/h6-9,12-13,20H,1-5H3,(H,21,22,23)/t12-,13+/m1/s1. The molecule has 2 heterocycles. The van der Waals surface area contributed by atoms with E-state index in [-0.39, 0.29) is 17.6 Å². The molecule has 24 heavy (non-hydrogen) atoms. The number of rotatable bonds is 4. The molecule has 0 fully saturated rings. The Balaban J connectivity index is 1.90. The Morgan fingerprint density at radius 3 is 2.54 bits per heavy atom. The average molecular weight is 341 g/mol. The summed E-state index contributed by atoms with van der Waals surface area (Å²) in [4.78, 5) is 22.0. The number of aryl methyl sites for hydroxylation is 3. The topological polar surface area (TPSA) is 57.8 Å². The van der Waals surface area contributed by atoms with E-state index < -0.39 is 0 Å². The quantitative estimate of drug-likeness (QED) is 0.743. The fourth-order valence-electron chi connectivity index (χ4n) is 3.09. The third-order valence-electron chi connectivity index (χ3n) is 4.62. The molecule has 0 aliphatic rings. The van der Waals surface area contributed by atoms with Crippen LogP contribution in [0.1, 0.15) is 53.3 Å². The van der Waals surface area contributed by atoms with Gasteiger partial charge in [0.05, 0.1) is 11.4 Å². The predicted molar refractivity (Wildman–Crippen MR) is 101 cm³/mol. The number of aromatic amines is 1. The zero-order chi connectivity index (χ0) is 17.4. The summed E-state index contributed by atoms with van der Waals surface area (Å²) in [5.41, 5.74) is 3.50. The van der Waals surface area contributed by atoms with Crippen molar-refractivity contribution in [3.05, 3.63) is 62.0 Å². The number of H-pyrrole nitrogens is 1. The van der Waals surface area contributed by atoms with Gasteiger partial charge >= 0.3 is 0 Å². The fourth-order valence-corrected chi connectivity index (χ4v) is 4.13. The molecular weight excluding hydrogens is 318 g/mol. The molecule has 5 heteroatoms. The van der Waals surface area contributed by atoms with Gasteiger partial charge in [-0.15, -0.1) is 11.3 Å². The molecule has 4 nitrogen and oxygen atoms in total. The number of aromatic nitrogens is 2. The number of nitrogens with one attached hydrogen (secondary N) is 2. The van der Waals surface area contributed by atoms with Crippen LogP contribution in [0.25, 0.3) is 10.2 Å². The molecule has 0 radical (unpaired) electrons. The van der Waals surface area contributed by atoms with Gasteiger partial charge in [0.2, 0.25) is 0 Å². The Labute approximate surface area is 146 Å². The predicted octanol–water partition coefficient (Wildman–Crippen LogP) is 4.32. The van der Waals surface area contributed by atoms with Crippen molar-refractivity contribution in [1.82, 2.24) is 15.3 Å². The number of hydrogen-bond acceptors (Lipinski definition) is 4. The van der Waals surface area contributed by atoms with Gasteiger partial charge in [0.1, 0.15) is 10.7 Å². The van der Waals surface area contributed by atoms with E-state index in [1.165, 1.54) is 11.1 Å². The molecule has 2 N–H and O–H groups in total. The highest BCUT2D eigenvalue weighted by molar-refractivity contribution is 7.18. The highest BCUT2D eigenvalue weighted by Gasteiger charge is 2.17. The maximum Gasteiger partial charge on any atom is 0.259 e. The summed E-state index contributed by atoms with van der Waals surface area (Å²) in [6, 6.07) is 8.47. The second kappa shape index (κ2) is 6.49. The van der Waals surface area contributed by atoms with Crippen molar-refractivity contribution in [3.8, 4) is 0 Å². The molecule has 0 saturated carbocycles. The highest BCUT2D eigenvalue weighted by atomic mass is 32.1. The first kappa shape index (κ1) is 16.9. The lowest BCUT2D eigenvalue weighted by atomic mass is 10.0. The molecule has 0 amide bonds. The van der Waals surface area contributed by atoms with Crippen molar-refractivity contribution >= 4 is 21.6 Å². The molecule has 0 spiro atoms. The number of benzene rings is 1. The Kier molecular flexibility index (Phi) is 4.56. The third kappa shape index (κ3) is 3.01. The first-order chi connectivity index (χ1) is 11.4. The summed E-state index contributed by atoms with van der Waals surface area (Å²) in [5.74, 6) is 0.689. The van der Waals surface area contributed by atoms with Gasteiger partial charge in [-0.3, -0.25) is 4.79 Å². The molecule has 0 unspecified atom stereocenters. The molecule has 3 aromatic rings. The summed E-state index contributed by atoms with van der Waals surface area (Å²) in [6.07, 6.45) is 0. The van der Waals surface area contributed by atoms with Gasteiger partial charge in [-0.25, -0.2) is 4.98 Å². The maximum absolute atomic E-state index is 12.4. The van der Waals surface area contributed by atoms with Crippen LogP contribution in [0.2, 0.25) is 0 Å². The van der Waals surface area contributed by atoms with Crippen LogP contribution in [0.4, 0.5) is 0 Å². The van der Waals surface area contributed by atoms with Crippen LogP contribution in [0, 0.1) is 20.8 Å². The van der Waals surface area contributed by atoms with E-state index in [0.29, 0.717) is 5.82 Å². The lowest BCUT2D eigenvalue weighted by molar-refractivity contribution is 0.475. The third-order valence-corrected chi connectivity index (χ3v) is 5.72. The van der Waals surface area contributed by atoms with Gasteiger partial charge < -0.3 is 10.3 Å². The number of fused-ring (bicyclic) bond motifs is 1. The highest BCUT2D eigenvalue weighted by Crippen LogP contribution is 2.27. The Hall–Kier alpha value is -1.98. The second-order valence-electron chi connectivity index (χ2n) is 6.38. The van der Waals surface area contributed by atoms with Crippen LogP contribution in [0.3, 0.4) is 0 Å². The van der Waals surface area contributed by atoms with Gasteiger partial charge in [0.25, 0.3) is 5.56 Å². The first-order valence-electron chi connectivity index (χ1n) is 8.20. The van der Waals surface area contributed by atoms with Crippen LogP contribution >= 0.6 is 11.3 Å². The van der Waals surface area contributed by atoms with Crippen molar-refractivity contribution in [1.29, 1.82) is 0 Å². The molecule has 2 aromatic heterocycles. The van der Waals surface area contributed by atoms with Gasteiger partial charge in [-0.1, -0.05) is 24.3 Å². The SMILES string of the molecule is Cc1ccccc1[C@@H](C)N[C@@H](C)c1nc2sc(C)c(C)c2c(=O)[nH]1. The zero-order valence-electron chi connectivity index (χ0n) is 14.7. The van der Waals surface area contributed by atoms with Crippen LogP contribution in [0.15, 0.2) is 29.1 Å². The summed E-state index contributed by atoms with van der Waals surface area (Å²) in [6.45, 7) is 10.3. The number of hydrogen-bond donors (Lipinski definition) is 2. The van der Waals surface area contributed by atoms with E-state index in [0.717, 1.165) is 20.7 Å². The van der Waals surface area contributed by atoms with Crippen LogP contribution in [0.5, 0.6) is 0 Å². The minimum Gasteiger partial charge on any atom is -0.309 e. The molecule has 1 aromatic carbocycles. The van der Waals surface area contributed by atoms with E-state index in [2.05, 4.69) is 47.3 Å². The molecule has 3 rings (SSSR count). The van der Waals surface area contributed by atoms with E-state index in [4.69, 9.17) is 0 Å². The van der Waals surface area contributed by atoms with Crippen molar-refractivity contribution in [2.24, 2.45) is 0 Å². The number of nitrogens with zero attached hydrogens (tertiary/aromatic N) is 1. The van der Waals surface area contributed by atoms with E-state index >= 15 is 0 Å². The van der Waals surface area contributed by atoms with Crippen LogP contribution in [-0.2, 0) is 0 Å². The van der Waals surface area contributed by atoms with Gasteiger partial charge in [-0.2, -0.15) is 0 Å². The van der Waals surface area contributed by atoms with Crippen molar-refractivity contribution < 1.29 is 0 Å². The Morgan fingerprint density at radius 2 is 1.83 bits per heavy atom. The second-order valence-corrected chi connectivity index (χ2v) is 7.58. The van der Waals surface area contributed by atoms with E-state index in [1.807, 2.05) is 26.8 Å². The molecule has 0 bridgehead atoms. The largest absolute Gasteiger partial charge is 0.309 e.